The maximum atomic E-state index is 12.2. The minimum absolute atomic E-state index is 0.0101. The first kappa shape index (κ1) is 22.0. The molecular formula is C19H19ClN2O7. The Balaban J connectivity index is 2.02. The standard InChI is InChI=1S/C19H19ClN2O7/c20-14-7-12(29-9-16(24)10-2-1-3-11(23)6-10)4-5-13(14)18(26)22-15(19(27)28)8-17(21)25/h1-7,15-16,23-24H,8-9H2,(H2,21,25)(H,22,26)(H,27,28). The number of primary amides is 1. The van der Waals surface area contributed by atoms with E-state index in [-0.39, 0.29) is 28.7 Å². The Morgan fingerprint density at radius 1 is 1.17 bits per heavy atom. The predicted molar refractivity (Wildman–Crippen MR) is 103 cm³/mol. The zero-order chi connectivity index (χ0) is 21.6. The number of carbonyl (C=O) groups excluding carboxylic acids is 2. The molecule has 2 amide bonds. The van der Waals surface area contributed by atoms with Crippen LogP contribution in [0.3, 0.4) is 0 Å². The molecule has 2 unspecified atom stereocenters. The Morgan fingerprint density at radius 2 is 1.90 bits per heavy atom. The topological polar surface area (TPSA) is 159 Å². The Morgan fingerprint density at radius 3 is 2.48 bits per heavy atom. The molecule has 29 heavy (non-hydrogen) atoms. The van der Waals surface area contributed by atoms with Crippen LogP contribution in [0, 0.1) is 0 Å². The van der Waals surface area contributed by atoms with Gasteiger partial charge in [0.25, 0.3) is 5.91 Å². The summed E-state index contributed by atoms with van der Waals surface area (Å²) in [6, 6.07) is 8.66. The van der Waals surface area contributed by atoms with Crippen LogP contribution in [0.25, 0.3) is 0 Å². The number of carboxylic acid groups (broad SMARTS) is 1. The highest BCUT2D eigenvalue weighted by Gasteiger charge is 2.24. The third kappa shape index (κ3) is 6.37. The molecule has 6 N–H and O–H groups in total. The number of halogens is 1. The number of rotatable bonds is 9. The number of aromatic hydroxyl groups is 1. The second-order valence-corrected chi connectivity index (χ2v) is 6.51. The number of nitrogens with one attached hydrogen (secondary N) is 1. The molecule has 0 aliphatic heterocycles. The van der Waals surface area contributed by atoms with Crippen LogP contribution < -0.4 is 15.8 Å². The van der Waals surface area contributed by atoms with Crippen molar-refractivity contribution in [2.24, 2.45) is 5.73 Å². The Kier molecular flexibility index (Phi) is 7.40. The maximum Gasteiger partial charge on any atom is 0.326 e. The average molecular weight is 423 g/mol. The van der Waals surface area contributed by atoms with Gasteiger partial charge in [-0.05, 0) is 35.9 Å². The van der Waals surface area contributed by atoms with Gasteiger partial charge < -0.3 is 31.1 Å². The van der Waals surface area contributed by atoms with E-state index in [4.69, 9.17) is 27.2 Å². The van der Waals surface area contributed by atoms with Crippen molar-refractivity contribution in [1.82, 2.24) is 5.32 Å². The molecule has 0 fully saturated rings. The molecule has 154 valence electrons. The third-order valence-corrected chi connectivity index (χ3v) is 4.17. The van der Waals surface area contributed by atoms with Crippen molar-refractivity contribution >= 4 is 29.4 Å². The lowest BCUT2D eigenvalue weighted by Gasteiger charge is -2.15. The molecule has 10 heteroatoms. The molecular weight excluding hydrogens is 404 g/mol. The number of amides is 2. The molecule has 0 aliphatic rings. The normalized spacial score (nSPS) is 12.6. The minimum Gasteiger partial charge on any atom is -0.508 e. The van der Waals surface area contributed by atoms with Gasteiger partial charge in [0.1, 0.15) is 30.3 Å². The number of aliphatic carboxylic acids is 1. The molecule has 0 spiro atoms. The average Bonchev–Trinajstić information content (AvgIpc) is 2.65. The number of hydrogen-bond acceptors (Lipinski definition) is 6. The van der Waals surface area contributed by atoms with Gasteiger partial charge in [0.15, 0.2) is 0 Å². The van der Waals surface area contributed by atoms with Crippen LogP contribution in [0.1, 0.15) is 28.4 Å². The Hall–Kier alpha value is -3.30. The number of hydrogen-bond donors (Lipinski definition) is 5. The van der Waals surface area contributed by atoms with E-state index in [1.807, 2.05) is 0 Å². The maximum absolute atomic E-state index is 12.2. The molecule has 2 atom stereocenters. The van der Waals surface area contributed by atoms with E-state index in [0.29, 0.717) is 5.56 Å². The fraction of sp³-hybridized carbons (Fsp3) is 0.211. The van der Waals surface area contributed by atoms with Crippen molar-refractivity contribution in [3.63, 3.8) is 0 Å². The first-order chi connectivity index (χ1) is 13.7. The molecule has 0 radical (unpaired) electrons. The molecule has 2 aromatic rings. The van der Waals surface area contributed by atoms with Gasteiger partial charge in [-0.3, -0.25) is 9.59 Å². The SMILES string of the molecule is NC(=O)CC(NC(=O)c1ccc(OCC(O)c2cccc(O)c2)cc1Cl)C(=O)O. The van der Waals surface area contributed by atoms with E-state index in [1.54, 1.807) is 12.1 Å². The number of ether oxygens (including phenoxy) is 1. The molecule has 0 bridgehead atoms. The monoisotopic (exact) mass is 422 g/mol. The third-order valence-electron chi connectivity index (χ3n) is 3.86. The van der Waals surface area contributed by atoms with Gasteiger partial charge in [0.2, 0.25) is 5.91 Å². The fourth-order valence-corrected chi connectivity index (χ4v) is 2.67. The summed E-state index contributed by atoms with van der Waals surface area (Å²) >= 11 is 6.07. The van der Waals surface area contributed by atoms with E-state index in [0.717, 1.165) is 0 Å². The molecule has 9 nitrogen and oxygen atoms in total. The minimum atomic E-state index is -1.48. The zero-order valence-electron chi connectivity index (χ0n) is 15.0. The lowest BCUT2D eigenvalue weighted by molar-refractivity contribution is -0.140. The molecule has 0 heterocycles. The van der Waals surface area contributed by atoms with Crippen LogP contribution in [0.2, 0.25) is 5.02 Å². The number of aliphatic hydroxyl groups excluding tert-OH is 1. The molecule has 0 saturated heterocycles. The predicted octanol–water partition coefficient (Wildman–Crippen LogP) is 1.22. The van der Waals surface area contributed by atoms with Crippen molar-refractivity contribution in [3.05, 3.63) is 58.6 Å². The first-order valence-corrected chi connectivity index (χ1v) is 8.76. The number of aliphatic hydroxyl groups is 1. The van der Waals surface area contributed by atoms with Gasteiger partial charge in [-0.1, -0.05) is 23.7 Å². The quantitative estimate of drug-likeness (QED) is 0.406. The summed E-state index contributed by atoms with van der Waals surface area (Å²) in [5.74, 6) is -2.81. The van der Waals surface area contributed by atoms with Crippen LogP contribution in [0.15, 0.2) is 42.5 Å². The lowest BCUT2D eigenvalue weighted by atomic mass is 10.1. The number of carboxylic acids is 1. The van der Waals surface area contributed by atoms with Crippen LogP contribution in [-0.2, 0) is 9.59 Å². The van der Waals surface area contributed by atoms with E-state index in [9.17, 15) is 24.6 Å². The molecule has 0 aliphatic carbocycles. The second kappa shape index (κ2) is 9.76. The van der Waals surface area contributed by atoms with E-state index < -0.39 is 36.4 Å². The first-order valence-electron chi connectivity index (χ1n) is 8.38. The smallest absolute Gasteiger partial charge is 0.326 e. The lowest BCUT2D eigenvalue weighted by Crippen LogP contribution is -2.43. The Labute approximate surface area is 170 Å². The summed E-state index contributed by atoms with van der Waals surface area (Å²) < 4.78 is 5.45. The number of carbonyl (C=O) groups is 3. The van der Waals surface area contributed by atoms with Crippen molar-refractivity contribution in [1.29, 1.82) is 0 Å². The number of phenolic OH excluding ortho intramolecular Hbond substituents is 1. The number of benzene rings is 2. The largest absolute Gasteiger partial charge is 0.508 e. The second-order valence-electron chi connectivity index (χ2n) is 6.10. The molecule has 2 aromatic carbocycles. The van der Waals surface area contributed by atoms with Gasteiger partial charge in [-0.2, -0.15) is 0 Å². The summed E-state index contributed by atoms with van der Waals surface area (Å²) in [5, 5.41) is 30.8. The van der Waals surface area contributed by atoms with Gasteiger partial charge in [-0.15, -0.1) is 0 Å². The molecule has 2 rings (SSSR count). The molecule has 0 aromatic heterocycles. The van der Waals surface area contributed by atoms with Crippen LogP contribution in [-0.4, -0.2) is 45.8 Å². The summed E-state index contributed by atoms with van der Waals surface area (Å²) in [7, 11) is 0. The summed E-state index contributed by atoms with van der Waals surface area (Å²) in [6.07, 6.45) is -1.57. The molecule has 0 saturated carbocycles. The van der Waals surface area contributed by atoms with Gasteiger partial charge in [0.05, 0.1) is 17.0 Å². The Bertz CT molecular complexity index is 919. The number of phenols is 1. The number of nitrogens with two attached hydrogens (primary N) is 1. The summed E-state index contributed by atoms with van der Waals surface area (Å²) in [5.41, 5.74) is 5.41. The van der Waals surface area contributed by atoms with E-state index >= 15 is 0 Å². The highest BCUT2D eigenvalue weighted by atomic mass is 35.5. The fourth-order valence-electron chi connectivity index (χ4n) is 2.41. The van der Waals surface area contributed by atoms with Crippen molar-refractivity contribution < 1.29 is 34.4 Å². The van der Waals surface area contributed by atoms with E-state index in [2.05, 4.69) is 5.32 Å². The highest BCUT2D eigenvalue weighted by Crippen LogP contribution is 2.25. The van der Waals surface area contributed by atoms with Gasteiger partial charge in [-0.25, -0.2) is 4.79 Å². The van der Waals surface area contributed by atoms with Crippen LogP contribution in [0.5, 0.6) is 11.5 Å². The van der Waals surface area contributed by atoms with Gasteiger partial charge >= 0.3 is 5.97 Å². The van der Waals surface area contributed by atoms with Gasteiger partial charge in [0, 0.05) is 0 Å². The van der Waals surface area contributed by atoms with Crippen LogP contribution in [0.4, 0.5) is 0 Å². The summed E-state index contributed by atoms with van der Waals surface area (Å²) in [4.78, 5) is 34.3. The highest BCUT2D eigenvalue weighted by molar-refractivity contribution is 6.34. The van der Waals surface area contributed by atoms with Crippen molar-refractivity contribution in [2.45, 2.75) is 18.6 Å². The van der Waals surface area contributed by atoms with E-state index in [1.165, 1.54) is 30.3 Å². The van der Waals surface area contributed by atoms with Crippen molar-refractivity contribution in [2.75, 3.05) is 6.61 Å². The van der Waals surface area contributed by atoms with Crippen molar-refractivity contribution in [3.8, 4) is 11.5 Å². The van der Waals surface area contributed by atoms with Crippen LogP contribution >= 0.6 is 11.6 Å². The zero-order valence-corrected chi connectivity index (χ0v) is 15.8. The summed E-state index contributed by atoms with van der Waals surface area (Å²) in [6.45, 7) is -0.134.